The lowest BCUT2D eigenvalue weighted by molar-refractivity contribution is 0.570. The highest BCUT2D eigenvalue weighted by Crippen LogP contribution is 2.29. The molecule has 0 spiro atoms. The smallest absolute Gasteiger partial charge is 0.153 e. The van der Waals surface area contributed by atoms with E-state index in [1.54, 1.807) is 0 Å². The summed E-state index contributed by atoms with van der Waals surface area (Å²) >= 11 is 0. The maximum atomic E-state index is 14.3. The molecule has 2 N–H and O–H groups in total. The van der Waals surface area contributed by atoms with Crippen molar-refractivity contribution in [2.24, 2.45) is 0 Å². The fourth-order valence-electron chi connectivity index (χ4n) is 2.50. The van der Waals surface area contributed by atoms with Crippen LogP contribution in [-0.4, -0.2) is 6.21 Å². The van der Waals surface area contributed by atoms with Crippen LogP contribution in [0.25, 0.3) is 11.1 Å². The number of nitrogens with one attached hydrogen (secondary N) is 2. The lowest BCUT2D eigenvalue weighted by Crippen LogP contribution is -2.03. The molecule has 0 unspecified atom stereocenters. The van der Waals surface area contributed by atoms with Gasteiger partial charge in [0.1, 0.15) is 5.82 Å². The van der Waals surface area contributed by atoms with Gasteiger partial charge in [0.25, 0.3) is 0 Å². The van der Waals surface area contributed by atoms with Crippen molar-refractivity contribution in [1.82, 2.24) is 0 Å². The lowest BCUT2D eigenvalue weighted by Gasteiger charge is -2.13. The van der Waals surface area contributed by atoms with Crippen LogP contribution in [-0.2, 0) is 0 Å². The summed E-state index contributed by atoms with van der Waals surface area (Å²) in [6, 6.07) is 18.6. The molecule has 3 aromatic carbocycles. The van der Waals surface area contributed by atoms with Crippen molar-refractivity contribution >= 4 is 17.6 Å². The first kappa shape index (κ1) is 15.9. The second-order valence-corrected chi connectivity index (χ2v) is 5.47. The zero-order chi connectivity index (χ0) is 17.1. The highest BCUT2D eigenvalue weighted by Gasteiger charge is 2.15. The SMILES string of the molecule is Cc1c(F)cc(C=N)c(Nc2ccc(-c3ccccc3)cc2)c1F. The van der Waals surface area contributed by atoms with Gasteiger partial charge in [-0.1, -0.05) is 42.5 Å². The summed E-state index contributed by atoms with van der Waals surface area (Å²) in [5.74, 6) is -1.34. The molecule has 120 valence electrons. The number of halogens is 2. The van der Waals surface area contributed by atoms with Crippen molar-refractivity contribution < 1.29 is 8.78 Å². The fraction of sp³-hybridized carbons (Fsp3) is 0.0500. The summed E-state index contributed by atoms with van der Waals surface area (Å²) in [6.45, 7) is 1.38. The fourth-order valence-corrected chi connectivity index (χ4v) is 2.50. The largest absolute Gasteiger partial charge is 0.353 e. The maximum Gasteiger partial charge on any atom is 0.153 e. The predicted octanol–water partition coefficient (Wildman–Crippen LogP) is 5.68. The number of anilines is 2. The summed E-state index contributed by atoms with van der Waals surface area (Å²) in [5.41, 5.74) is 3.02. The van der Waals surface area contributed by atoms with Crippen LogP contribution in [0.15, 0.2) is 60.7 Å². The number of benzene rings is 3. The molecule has 0 radical (unpaired) electrons. The number of hydrogen-bond acceptors (Lipinski definition) is 2. The van der Waals surface area contributed by atoms with Crippen molar-refractivity contribution in [3.8, 4) is 11.1 Å². The Hall–Kier alpha value is -3.01. The molecule has 0 fully saturated rings. The highest BCUT2D eigenvalue weighted by atomic mass is 19.1. The predicted molar refractivity (Wildman–Crippen MR) is 94.1 cm³/mol. The maximum absolute atomic E-state index is 14.3. The first-order valence-electron chi connectivity index (χ1n) is 7.51. The minimum Gasteiger partial charge on any atom is -0.353 e. The summed E-state index contributed by atoms with van der Waals surface area (Å²) in [6.07, 6.45) is 0.937. The van der Waals surface area contributed by atoms with Crippen molar-refractivity contribution in [2.75, 3.05) is 5.32 Å². The van der Waals surface area contributed by atoms with E-state index in [0.717, 1.165) is 23.4 Å². The van der Waals surface area contributed by atoms with E-state index < -0.39 is 11.6 Å². The van der Waals surface area contributed by atoms with Gasteiger partial charge in [-0.3, -0.25) is 0 Å². The van der Waals surface area contributed by atoms with E-state index in [4.69, 9.17) is 5.41 Å². The molecule has 4 heteroatoms. The van der Waals surface area contributed by atoms with Gasteiger partial charge in [0.2, 0.25) is 0 Å². The lowest BCUT2D eigenvalue weighted by atomic mass is 10.0. The molecule has 2 nitrogen and oxygen atoms in total. The molecule has 0 heterocycles. The third-order valence-electron chi connectivity index (χ3n) is 3.89. The van der Waals surface area contributed by atoms with Crippen LogP contribution >= 0.6 is 0 Å². The van der Waals surface area contributed by atoms with Gasteiger partial charge in [-0.05, 0) is 36.2 Å². The standard InChI is InChI=1S/C20H16F2N2/c1-13-18(21)11-16(12-23)20(19(13)22)24-17-9-7-15(8-10-17)14-5-3-2-4-6-14/h2-12,23-24H,1H3. The molecule has 0 aliphatic carbocycles. The van der Waals surface area contributed by atoms with E-state index >= 15 is 0 Å². The van der Waals surface area contributed by atoms with Crippen LogP contribution in [0.1, 0.15) is 11.1 Å². The van der Waals surface area contributed by atoms with Gasteiger partial charge in [-0.2, -0.15) is 0 Å². The summed E-state index contributed by atoms with van der Waals surface area (Å²) in [7, 11) is 0. The summed E-state index contributed by atoms with van der Waals surface area (Å²) in [4.78, 5) is 0. The van der Waals surface area contributed by atoms with E-state index in [2.05, 4.69) is 5.32 Å². The van der Waals surface area contributed by atoms with Gasteiger partial charge in [0.05, 0.1) is 5.69 Å². The Morgan fingerprint density at radius 2 is 1.54 bits per heavy atom. The zero-order valence-corrected chi connectivity index (χ0v) is 13.1. The molecular weight excluding hydrogens is 306 g/mol. The quantitative estimate of drug-likeness (QED) is 0.595. The molecular formula is C20H16F2N2. The van der Waals surface area contributed by atoms with Crippen LogP contribution in [0.3, 0.4) is 0 Å². The average molecular weight is 322 g/mol. The molecule has 24 heavy (non-hydrogen) atoms. The van der Waals surface area contributed by atoms with Crippen molar-refractivity contribution in [3.63, 3.8) is 0 Å². The monoisotopic (exact) mass is 322 g/mol. The van der Waals surface area contributed by atoms with Gasteiger partial charge >= 0.3 is 0 Å². The van der Waals surface area contributed by atoms with E-state index in [1.165, 1.54) is 6.92 Å². The van der Waals surface area contributed by atoms with Gasteiger partial charge in [-0.15, -0.1) is 0 Å². The average Bonchev–Trinajstić information content (AvgIpc) is 2.63. The molecule has 3 aromatic rings. The Morgan fingerprint density at radius 3 is 2.17 bits per heavy atom. The van der Waals surface area contributed by atoms with Crippen LogP contribution in [0.4, 0.5) is 20.2 Å². The molecule has 0 amide bonds. The van der Waals surface area contributed by atoms with E-state index in [1.807, 2.05) is 54.6 Å². The van der Waals surface area contributed by atoms with Gasteiger partial charge in [0.15, 0.2) is 5.82 Å². The second-order valence-electron chi connectivity index (χ2n) is 5.47. The second kappa shape index (κ2) is 6.62. The topological polar surface area (TPSA) is 35.9 Å². The Balaban J connectivity index is 1.92. The first-order valence-corrected chi connectivity index (χ1v) is 7.51. The molecule has 0 bridgehead atoms. The van der Waals surface area contributed by atoms with Crippen molar-refractivity contribution in [3.05, 3.63) is 83.4 Å². The Kier molecular flexibility index (Phi) is 4.38. The minimum absolute atomic E-state index is 0.0657. The number of rotatable bonds is 4. The molecule has 0 saturated heterocycles. The van der Waals surface area contributed by atoms with Crippen LogP contribution in [0.2, 0.25) is 0 Å². The number of hydrogen-bond donors (Lipinski definition) is 2. The van der Waals surface area contributed by atoms with E-state index in [0.29, 0.717) is 5.69 Å². The molecule has 0 saturated carbocycles. The normalized spacial score (nSPS) is 10.5. The molecule has 0 aromatic heterocycles. The van der Waals surface area contributed by atoms with Crippen LogP contribution in [0, 0.1) is 24.0 Å². The van der Waals surface area contributed by atoms with Crippen LogP contribution < -0.4 is 5.32 Å². The van der Waals surface area contributed by atoms with E-state index in [-0.39, 0.29) is 16.8 Å². The summed E-state index contributed by atoms with van der Waals surface area (Å²) < 4.78 is 27.9. The van der Waals surface area contributed by atoms with Gasteiger partial charge in [0, 0.05) is 23.0 Å². The summed E-state index contributed by atoms with van der Waals surface area (Å²) in [5, 5.41) is 10.3. The Labute approximate surface area is 139 Å². The molecule has 0 atom stereocenters. The molecule has 3 rings (SSSR count). The van der Waals surface area contributed by atoms with Crippen molar-refractivity contribution in [1.29, 1.82) is 5.41 Å². The van der Waals surface area contributed by atoms with Gasteiger partial charge < -0.3 is 10.7 Å². The Morgan fingerprint density at radius 1 is 0.917 bits per heavy atom. The van der Waals surface area contributed by atoms with Crippen molar-refractivity contribution in [2.45, 2.75) is 6.92 Å². The minimum atomic E-state index is -0.680. The zero-order valence-electron chi connectivity index (χ0n) is 13.1. The van der Waals surface area contributed by atoms with Gasteiger partial charge in [-0.25, -0.2) is 8.78 Å². The highest BCUT2D eigenvalue weighted by molar-refractivity contribution is 5.88. The van der Waals surface area contributed by atoms with E-state index in [9.17, 15) is 8.78 Å². The third kappa shape index (κ3) is 3.04. The molecule has 0 aliphatic rings. The third-order valence-corrected chi connectivity index (χ3v) is 3.89. The first-order chi connectivity index (χ1) is 11.6. The van der Waals surface area contributed by atoms with Crippen LogP contribution in [0.5, 0.6) is 0 Å². The Bertz CT molecular complexity index is 872. The molecule has 0 aliphatic heterocycles.